The molecule has 1 amide bonds. The smallest absolute Gasteiger partial charge is 0.254 e. The Morgan fingerprint density at radius 1 is 1.43 bits per heavy atom. The quantitative estimate of drug-likeness (QED) is 0.741. The van der Waals surface area contributed by atoms with Crippen molar-refractivity contribution in [3.63, 3.8) is 0 Å². The molecule has 1 aliphatic rings. The van der Waals surface area contributed by atoms with Gasteiger partial charge >= 0.3 is 0 Å². The number of likely N-dealkylation sites (tertiary alicyclic amines) is 1. The van der Waals surface area contributed by atoms with Gasteiger partial charge in [-0.3, -0.25) is 4.79 Å². The summed E-state index contributed by atoms with van der Waals surface area (Å²) in [5, 5.41) is 3.12. The molecule has 1 saturated heterocycles. The number of carbonyl (C=O) groups is 1. The van der Waals surface area contributed by atoms with Gasteiger partial charge < -0.3 is 19.7 Å². The van der Waals surface area contributed by atoms with Crippen molar-refractivity contribution in [1.82, 2.24) is 10.2 Å². The number of amides is 1. The normalized spacial score (nSPS) is 17.7. The lowest BCUT2D eigenvalue weighted by Crippen LogP contribution is -2.40. The van der Waals surface area contributed by atoms with E-state index in [2.05, 4.69) is 5.32 Å². The van der Waals surface area contributed by atoms with Crippen molar-refractivity contribution < 1.29 is 18.7 Å². The first-order valence-corrected chi connectivity index (χ1v) is 7.98. The van der Waals surface area contributed by atoms with E-state index in [1.807, 2.05) is 11.9 Å². The number of nitrogens with one attached hydrogen (secondary N) is 1. The van der Waals surface area contributed by atoms with E-state index in [1.165, 1.54) is 6.07 Å². The van der Waals surface area contributed by atoms with E-state index >= 15 is 0 Å². The van der Waals surface area contributed by atoms with Gasteiger partial charge in [0.15, 0.2) is 0 Å². The first-order chi connectivity index (χ1) is 11.2. The third-order valence-corrected chi connectivity index (χ3v) is 4.06. The number of hydrogen-bond acceptors (Lipinski definition) is 4. The lowest BCUT2D eigenvalue weighted by Gasteiger charge is -2.24. The van der Waals surface area contributed by atoms with Crippen LogP contribution in [0.15, 0.2) is 18.2 Å². The minimum absolute atomic E-state index is 0.0408. The Morgan fingerprint density at radius 2 is 2.26 bits per heavy atom. The van der Waals surface area contributed by atoms with E-state index in [4.69, 9.17) is 9.47 Å². The summed E-state index contributed by atoms with van der Waals surface area (Å²) in [6.45, 7) is 2.52. The van der Waals surface area contributed by atoms with Gasteiger partial charge in [-0.15, -0.1) is 0 Å². The number of nitrogens with zero attached hydrogens (tertiary/aromatic N) is 1. The summed E-state index contributed by atoms with van der Waals surface area (Å²) in [5.74, 6) is -0.395. The van der Waals surface area contributed by atoms with Crippen LogP contribution in [-0.4, -0.2) is 57.3 Å². The van der Waals surface area contributed by atoms with E-state index in [0.29, 0.717) is 24.3 Å². The molecule has 6 heteroatoms. The molecule has 0 bridgehead atoms. The van der Waals surface area contributed by atoms with Crippen LogP contribution >= 0.6 is 0 Å². The van der Waals surface area contributed by atoms with E-state index in [1.54, 1.807) is 19.2 Å². The first kappa shape index (κ1) is 17.8. The van der Waals surface area contributed by atoms with Gasteiger partial charge in [0, 0.05) is 37.4 Å². The molecule has 1 aliphatic heterocycles. The number of carbonyl (C=O) groups excluding carboxylic acids is 1. The number of ether oxygens (including phenoxy) is 2. The molecule has 1 heterocycles. The van der Waals surface area contributed by atoms with Crippen molar-refractivity contribution in [2.75, 3.05) is 40.5 Å². The molecule has 128 valence electrons. The van der Waals surface area contributed by atoms with Gasteiger partial charge in [-0.2, -0.15) is 0 Å². The summed E-state index contributed by atoms with van der Waals surface area (Å²) in [6, 6.07) is 4.69. The van der Waals surface area contributed by atoms with E-state index in [-0.39, 0.29) is 24.4 Å². The number of halogens is 1. The predicted molar refractivity (Wildman–Crippen MR) is 85.9 cm³/mol. The maximum atomic E-state index is 13.9. The van der Waals surface area contributed by atoms with Crippen LogP contribution in [-0.2, 0) is 16.1 Å². The molecule has 5 nitrogen and oxygen atoms in total. The summed E-state index contributed by atoms with van der Waals surface area (Å²) in [6.07, 6.45) is 2.01. The molecule has 1 aromatic rings. The Labute approximate surface area is 136 Å². The first-order valence-electron chi connectivity index (χ1n) is 7.98. The van der Waals surface area contributed by atoms with Gasteiger partial charge in [-0.05, 0) is 38.1 Å². The highest BCUT2D eigenvalue weighted by Gasteiger charge is 2.29. The van der Waals surface area contributed by atoms with Crippen LogP contribution in [0, 0.1) is 5.82 Å². The maximum absolute atomic E-state index is 13.9. The topological polar surface area (TPSA) is 50.8 Å². The molecular weight excluding hydrogens is 299 g/mol. The van der Waals surface area contributed by atoms with Crippen LogP contribution in [0.3, 0.4) is 0 Å². The number of rotatable bonds is 8. The second kappa shape index (κ2) is 8.96. The third kappa shape index (κ3) is 4.73. The Morgan fingerprint density at radius 3 is 3.00 bits per heavy atom. The molecular formula is C17H25FN2O3. The minimum Gasteiger partial charge on any atom is -0.382 e. The van der Waals surface area contributed by atoms with Crippen LogP contribution < -0.4 is 5.32 Å². The summed E-state index contributed by atoms with van der Waals surface area (Å²) >= 11 is 0. The fraction of sp³-hybridized carbons (Fsp3) is 0.588. The molecule has 0 spiro atoms. The van der Waals surface area contributed by atoms with E-state index < -0.39 is 0 Å². The molecule has 2 rings (SSSR count). The van der Waals surface area contributed by atoms with Gasteiger partial charge in [-0.1, -0.05) is 0 Å². The fourth-order valence-electron chi connectivity index (χ4n) is 2.86. The molecule has 1 atom stereocenters. The Hall–Kier alpha value is -1.50. The summed E-state index contributed by atoms with van der Waals surface area (Å²) < 4.78 is 24.1. The van der Waals surface area contributed by atoms with Crippen LogP contribution in [0.5, 0.6) is 0 Å². The molecule has 1 N–H and O–H groups in total. The Bertz CT molecular complexity index is 525. The zero-order valence-corrected chi connectivity index (χ0v) is 13.8. The van der Waals surface area contributed by atoms with Crippen LogP contribution in [0.2, 0.25) is 0 Å². The molecule has 0 aromatic heterocycles. The highest BCUT2D eigenvalue weighted by atomic mass is 19.1. The highest BCUT2D eigenvalue weighted by Crippen LogP contribution is 2.21. The van der Waals surface area contributed by atoms with Gasteiger partial charge in [0.05, 0.1) is 19.8 Å². The van der Waals surface area contributed by atoms with Crippen molar-refractivity contribution in [1.29, 1.82) is 0 Å². The van der Waals surface area contributed by atoms with Gasteiger partial charge in [-0.25, -0.2) is 4.39 Å². The van der Waals surface area contributed by atoms with Crippen LogP contribution in [0.25, 0.3) is 0 Å². The SMILES string of the molecule is CNCC1CCCN1C(=O)c1ccc(F)c(COCCOC)c1. The third-order valence-electron chi connectivity index (χ3n) is 4.06. The minimum atomic E-state index is -0.354. The van der Waals surface area contributed by atoms with Crippen LogP contribution in [0.4, 0.5) is 4.39 Å². The van der Waals surface area contributed by atoms with Crippen molar-refractivity contribution in [2.24, 2.45) is 0 Å². The second-order valence-corrected chi connectivity index (χ2v) is 5.70. The van der Waals surface area contributed by atoms with Crippen LogP contribution in [0.1, 0.15) is 28.8 Å². The average Bonchev–Trinajstić information content (AvgIpc) is 3.01. The predicted octanol–water partition coefficient (Wildman–Crippen LogP) is 1.81. The lowest BCUT2D eigenvalue weighted by molar-refractivity contribution is 0.0602. The van der Waals surface area contributed by atoms with Gasteiger partial charge in [0.2, 0.25) is 0 Å². The zero-order valence-electron chi connectivity index (χ0n) is 13.8. The molecule has 1 fully saturated rings. The molecule has 0 radical (unpaired) electrons. The number of hydrogen-bond donors (Lipinski definition) is 1. The van der Waals surface area contributed by atoms with Crippen molar-refractivity contribution in [3.8, 4) is 0 Å². The number of likely N-dealkylation sites (N-methyl/N-ethyl adjacent to an activating group) is 1. The molecule has 0 aliphatic carbocycles. The van der Waals surface area contributed by atoms with Crippen molar-refractivity contribution in [3.05, 3.63) is 35.1 Å². The Balaban J connectivity index is 2.05. The summed E-state index contributed by atoms with van der Waals surface area (Å²) in [5.41, 5.74) is 0.913. The van der Waals surface area contributed by atoms with Crippen molar-refractivity contribution in [2.45, 2.75) is 25.5 Å². The summed E-state index contributed by atoms with van der Waals surface area (Å²) in [4.78, 5) is 14.6. The Kier molecular flexibility index (Phi) is 6.95. The van der Waals surface area contributed by atoms with Gasteiger partial charge in [0.25, 0.3) is 5.91 Å². The standard InChI is InChI=1S/C17H25FN2O3/c1-19-11-15-4-3-7-20(15)17(21)13-5-6-16(18)14(10-13)12-23-9-8-22-2/h5-6,10,15,19H,3-4,7-9,11-12H2,1-2H3. The molecule has 0 saturated carbocycles. The molecule has 1 unspecified atom stereocenters. The molecule has 1 aromatic carbocycles. The van der Waals surface area contributed by atoms with E-state index in [0.717, 1.165) is 25.9 Å². The largest absolute Gasteiger partial charge is 0.382 e. The number of benzene rings is 1. The maximum Gasteiger partial charge on any atom is 0.254 e. The van der Waals surface area contributed by atoms with Gasteiger partial charge in [0.1, 0.15) is 5.82 Å². The fourth-order valence-corrected chi connectivity index (χ4v) is 2.86. The monoisotopic (exact) mass is 324 g/mol. The highest BCUT2D eigenvalue weighted by molar-refractivity contribution is 5.94. The molecule has 23 heavy (non-hydrogen) atoms. The summed E-state index contributed by atoms with van der Waals surface area (Å²) in [7, 11) is 3.47. The number of methoxy groups -OCH3 is 1. The second-order valence-electron chi connectivity index (χ2n) is 5.70. The zero-order chi connectivity index (χ0) is 16.7. The lowest BCUT2D eigenvalue weighted by atomic mass is 10.1. The van der Waals surface area contributed by atoms with E-state index in [9.17, 15) is 9.18 Å². The van der Waals surface area contributed by atoms with Crippen molar-refractivity contribution >= 4 is 5.91 Å². The average molecular weight is 324 g/mol.